The zero-order valence-electron chi connectivity index (χ0n) is 13.1. The number of carbonyl (C=O) groups excluding carboxylic acids is 3. The number of nitrogens with one attached hydrogen (secondary N) is 1. The molecule has 0 aliphatic carbocycles. The maximum absolute atomic E-state index is 12.9. The van der Waals surface area contributed by atoms with Gasteiger partial charge in [0, 0.05) is 15.4 Å². The second kappa shape index (κ2) is 7.20. The summed E-state index contributed by atoms with van der Waals surface area (Å²) < 4.78 is 12.9. The molecule has 1 aromatic heterocycles. The lowest BCUT2D eigenvalue weighted by atomic mass is 10.3. The lowest BCUT2D eigenvalue weighted by Crippen LogP contribution is -2.36. The molecule has 25 heavy (non-hydrogen) atoms. The van der Waals surface area contributed by atoms with Crippen molar-refractivity contribution >= 4 is 51.9 Å². The van der Waals surface area contributed by atoms with Crippen molar-refractivity contribution in [2.24, 2.45) is 0 Å². The predicted octanol–water partition coefficient (Wildman–Crippen LogP) is 3.87. The van der Waals surface area contributed by atoms with Crippen LogP contribution < -0.4 is 5.32 Å². The maximum Gasteiger partial charge on any atom is 0.294 e. The summed E-state index contributed by atoms with van der Waals surface area (Å²) in [5.41, 5.74) is 0.392. The van der Waals surface area contributed by atoms with Gasteiger partial charge in [0.15, 0.2) is 0 Å². The van der Waals surface area contributed by atoms with Crippen molar-refractivity contribution in [3.63, 3.8) is 0 Å². The first-order valence-corrected chi connectivity index (χ1v) is 8.93. The summed E-state index contributed by atoms with van der Waals surface area (Å²) in [7, 11) is 0. The van der Waals surface area contributed by atoms with E-state index in [0.29, 0.717) is 10.6 Å². The number of imide groups is 1. The summed E-state index contributed by atoms with van der Waals surface area (Å²) >= 11 is 2.33. The number of amides is 3. The highest BCUT2D eigenvalue weighted by molar-refractivity contribution is 8.18. The van der Waals surface area contributed by atoms with Gasteiger partial charge in [-0.1, -0.05) is 0 Å². The van der Waals surface area contributed by atoms with Gasteiger partial charge in [-0.05, 0) is 61.2 Å². The predicted molar refractivity (Wildman–Crippen MR) is 96.8 cm³/mol. The molecule has 1 saturated heterocycles. The van der Waals surface area contributed by atoms with Crippen LogP contribution in [-0.4, -0.2) is 28.5 Å². The van der Waals surface area contributed by atoms with E-state index in [1.54, 1.807) is 6.08 Å². The van der Waals surface area contributed by atoms with Crippen molar-refractivity contribution < 1.29 is 18.8 Å². The Balaban J connectivity index is 1.67. The van der Waals surface area contributed by atoms with Crippen LogP contribution in [0.1, 0.15) is 9.75 Å². The molecule has 1 N–H and O–H groups in total. The van der Waals surface area contributed by atoms with Crippen LogP contribution in [0.15, 0.2) is 41.3 Å². The number of hydrogen-bond donors (Lipinski definition) is 1. The Labute approximate surface area is 151 Å². The molecule has 0 unspecified atom stereocenters. The van der Waals surface area contributed by atoms with E-state index < -0.39 is 22.9 Å². The number of halogens is 1. The molecular weight excluding hydrogens is 363 g/mol. The molecule has 1 aromatic carbocycles. The van der Waals surface area contributed by atoms with E-state index in [0.717, 1.165) is 26.4 Å². The Bertz CT molecular complexity index is 874. The monoisotopic (exact) mass is 376 g/mol. The van der Waals surface area contributed by atoms with Gasteiger partial charge in [-0.2, -0.15) is 0 Å². The molecule has 1 aliphatic rings. The van der Waals surface area contributed by atoms with Crippen LogP contribution >= 0.6 is 23.1 Å². The van der Waals surface area contributed by atoms with Gasteiger partial charge in [0.25, 0.3) is 11.1 Å². The number of anilines is 1. The Morgan fingerprint density at radius 1 is 1.20 bits per heavy atom. The van der Waals surface area contributed by atoms with Gasteiger partial charge >= 0.3 is 0 Å². The summed E-state index contributed by atoms with van der Waals surface area (Å²) in [6.07, 6.45) is 1.65. The number of carbonyl (C=O) groups is 3. The molecular formula is C17H13FN2O3S2. The molecule has 3 amide bonds. The average molecular weight is 376 g/mol. The standard InChI is InChI=1S/C17H13FN2O3S2/c1-10-2-7-13(24-10)8-14-16(22)20(17(23)25-14)9-15(21)19-12-5-3-11(18)4-6-12/h2-8H,9H2,1H3,(H,19,21)/b14-8-. The molecule has 2 heterocycles. The first kappa shape index (κ1) is 17.4. The van der Waals surface area contributed by atoms with E-state index in [4.69, 9.17) is 0 Å². The van der Waals surface area contributed by atoms with Crippen LogP contribution in [0.4, 0.5) is 14.9 Å². The van der Waals surface area contributed by atoms with Crippen molar-refractivity contribution in [2.75, 3.05) is 11.9 Å². The Hall–Kier alpha value is -2.45. The van der Waals surface area contributed by atoms with Gasteiger partial charge in [0.1, 0.15) is 12.4 Å². The largest absolute Gasteiger partial charge is 0.325 e. The number of nitrogens with zero attached hydrogens (tertiary/aromatic N) is 1. The fourth-order valence-corrected chi connectivity index (χ4v) is 3.90. The van der Waals surface area contributed by atoms with Crippen LogP contribution in [0.25, 0.3) is 6.08 Å². The van der Waals surface area contributed by atoms with Crippen LogP contribution in [0.3, 0.4) is 0 Å². The Morgan fingerprint density at radius 2 is 1.92 bits per heavy atom. The smallest absolute Gasteiger partial charge is 0.294 e. The molecule has 0 atom stereocenters. The average Bonchev–Trinajstić information content (AvgIpc) is 3.08. The van der Waals surface area contributed by atoms with Crippen LogP contribution in [-0.2, 0) is 9.59 Å². The molecule has 128 valence electrons. The summed E-state index contributed by atoms with van der Waals surface area (Å²) in [6, 6.07) is 9.02. The Kier molecular flexibility index (Phi) is 5.00. The molecule has 2 aromatic rings. The number of benzene rings is 1. The van der Waals surface area contributed by atoms with Gasteiger partial charge < -0.3 is 5.32 Å². The molecule has 1 fully saturated rings. The van der Waals surface area contributed by atoms with Gasteiger partial charge in [-0.25, -0.2) is 4.39 Å². The van der Waals surface area contributed by atoms with E-state index in [1.165, 1.54) is 35.6 Å². The Morgan fingerprint density at radius 3 is 2.56 bits per heavy atom. The van der Waals surface area contributed by atoms with Crippen molar-refractivity contribution in [2.45, 2.75) is 6.92 Å². The minimum atomic E-state index is -0.526. The normalized spacial score (nSPS) is 15.9. The maximum atomic E-state index is 12.9. The number of aryl methyl sites for hydroxylation is 1. The third-order valence-electron chi connectivity index (χ3n) is 3.34. The first-order valence-electron chi connectivity index (χ1n) is 7.29. The second-order valence-corrected chi connectivity index (χ2v) is 7.58. The van der Waals surface area contributed by atoms with Gasteiger partial charge in [0.2, 0.25) is 5.91 Å². The number of rotatable bonds is 4. The van der Waals surface area contributed by atoms with Gasteiger partial charge in [-0.15, -0.1) is 11.3 Å². The zero-order chi connectivity index (χ0) is 18.0. The van der Waals surface area contributed by atoms with Gasteiger partial charge in [-0.3, -0.25) is 19.3 Å². The summed E-state index contributed by atoms with van der Waals surface area (Å²) in [6.45, 7) is 1.57. The fraction of sp³-hybridized carbons (Fsp3) is 0.118. The summed E-state index contributed by atoms with van der Waals surface area (Å²) in [4.78, 5) is 39.6. The van der Waals surface area contributed by atoms with Crippen LogP contribution in [0.2, 0.25) is 0 Å². The molecule has 0 bridgehead atoms. The van der Waals surface area contributed by atoms with E-state index in [2.05, 4.69) is 5.32 Å². The van der Waals surface area contributed by atoms with Crippen LogP contribution in [0, 0.1) is 12.7 Å². The van der Waals surface area contributed by atoms with Crippen molar-refractivity contribution in [3.05, 3.63) is 56.9 Å². The lowest BCUT2D eigenvalue weighted by molar-refractivity contribution is -0.127. The molecule has 0 radical (unpaired) electrons. The highest BCUT2D eigenvalue weighted by Gasteiger charge is 2.36. The van der Waals surface area contributed by atoms with Gasteiger partial charge in [0.05, 0.1) is 4.91 Å². The molecule has 8 heteroatoms. The number of thioether (sulfide) groups is 1. The highest BCUT2D eigenvalue weighted by atomic mass is 32.2. The SMILES string of the molecule is Cc1ccc(/C=C2\SC(=O)N(CC(=O)Nc3ccc(F)cc3)C2=O)s1. The topological polar surface area (TPSA) is 66.5 Å². The third kappa shape index (κ3) is 4.15. The van der Waals surface area contributed by atoms with E-state index in [-0.39, 0.29) is 6.54 Å². The van der Waals surface area contributed by atoms with Crippen molar-refractivity contribution in [1.29, 1.82) is 0 Å². The quantitative estimate of drug-likeness (QED) is 0.823. The molecule has 3 rings (SSSR count). The van der Waals surface area contributed by atoms with E-state index in [9.17, 15) is 18.8 Å². The van der Waals surface area contributed by atoms with E-state index in [1.807, 2.05) is 19.1 Å². The first-order chi connectivity index (χ1) is 11.9. The molecule has 0 spiro atoms. The summed E-state index contributed by atoms with van der Waals surface area (Å²) in [5, 5.41) is 2.04. The number of hydrogen-bond acceptors (Lipinski definition) is 5. The van der Waals surface area contributed by atoms with Crippen LogP contribution in [0.5, 0.6) is 0 Å². The van der Waals surface area contributed by atoms with Crippen molar-refractivity contribution in [1.82, 2.24) is 4.90 Å². The second-order valence-electron chi connectivity index (χ2n) is 5.27. The minimum Gasteiger partial charge on any atom is -0.325 e. The zero-order valence-corrected chi connectivity index (χ0v) is 14.7. The number of thiophene rings is 1. The molecule has 5 nitrogen and oxygen atoms in total. The lowest BCUT2D eigenvalue weighted by Gasteiger charge is -2.12. The highest BCUT2D eigenvalue weighted by Crippen LogP contribution is 2.33. The fourth-order valence-electron chi connectivity index (χ4n) is 2.17. The van der Waals surface area contributed by atoms with Crippen molar-refractivity contribution in [3.8, 4) is 0 Å². The molecule has 1 aliphatic heterocycles. The molecule has 0 saturated carbocycles. The van der Waals surface area contributed by atoms with E-state index >= 15 is 0 Å². The third-order valence-corrected chi connectivity index (χ3v) is 5.19. The summed E-state index contributed by atoms with van der Waals surface area (Å²) in [5.74, 6) is -1.43. The minimum absolute atomic E-state index is 0.293.